The second-order valence-electron chi connectivity index (χ2n) is 5.48. The summed E-state index contributed by atoms with van der Waals surface area (Å²) >= 11 is 1.85. The number of amidine groups is 1. The van der Waals surface area contributed by atoms with Crippen molar-refractivity contribution in [2.24, 2.45) is 4.99 Å². The summed E-state index contributed by atoms with van der Waals surface area (Å²) < 4.78 is 0. The average Bonchev–Trinajstić information content (AvgIpc) is 2.13. The molecule has 0 saturated carbocycles. The molecule has 3 nitrogen and oxygen atoms in total. The number of aliphatic imine (C=N–C) groups is 1. The molecule has 0 aromatic carbocycles. The summed E-state index contributed by atoms with van der Waals surface area (Å²) in [5.74, 6) is 1.18. The fourth-order valence-electron chi connectivity index (χ4n) is 1.57. The van der Waals surface area contributed by atoms with Crippen molar-refractivity contribution >= 4 is 16.9 Å². The van der Waals surface area contributed by atoms with Crippen LogP contribution in [-0.2, 0) is 0 Å². The molecule has 1 rings (SSSR count). The Labute approximate surface area is 104 Å². The zero-order chi connectivity index (χ0) is 12.2. The molecule has 0 radical (unpaired) electrons. The van der Waals surface area contributed by atoms with E-state index in [-0.39, 0.29) is 5.54 Å². The molecule has 0 aromatic rings. The third kappa shape index (κ3) is 5.21. The van der Waals surface area contributed by atoms with E-state index in [0.717, 1.165) is 18.1 Å². The van der Waals surface area contributed by atoms with Gasteiger partial charge in [-0.3, -0.25) is 4.99 Å². The molecule has 4 heteroatoms. The monoisotopic (exact) mass is 243 g/mol. The first kappa shape index (κ1) is 13.8. The second-order valence-corrected chi connectivity index (χ2v) is 6.57. The molecule has 1 fully saturated rings. The van der Waals surface area contributed by atoms with Crippen molar-refractivity contribution in [1.29, 1.82) is 0 Å². The van der Waals surface area contributed by atoms with Crippen LogP contribution in [0, 0.1) is 0 Å². The molecule has 0 amide bonds. The lowest BCUT2D eigenvalue weighted by atomic mass is 10.0. The lowest BCUT2D eigenvalue weighted by Gasteiger charge is -2.32. The Kier molecular flexibility index (Phi) is 5.12. The largest absolute Gasteiger partial charge is 0.360 e. The molecule has 0 aliphatic carbocycles. The van der Waals surface area contributed by atoms with E-state index in [9.17, 15) is 0 Å². The van der Waals surface area contributed by atoms with Crippen LogP contribution in [0.25, 0.3) is 0 Å². The van der Waals surface area contributed by atoms with Crippen LogP contribution in [0.5, 0.6) is 0 Å². The highest BCUT2D eigenvalue weighted by atomic mass is 32.2. The highest BCUT2D eigenvalue weighted by Gasteiger charge is 2.24. The van der Waals surface area contributed by atoms with Gasteiger partial charge in [0.05, 0.1) is 6.04 Å². The van der Waals surface area contributed by atoms with Gasteiger partial charge in [-0.15, -0.1) is 0 Å². The number of hydrogen-bond acceptors (Lipinski definition) is 3. The van der Waals surface area contributed by atoms with Gasteiger partial charge in [-0.2, -0.15) is 0 Å². The third-order valence-electron chi connectivity index (χ3n) is 2.74. The fraction of sp³-hybridized carbons (Fsp3) is 0.917. The van der Waals surface area contributed by atoms with E-state index in [0.29, 0.717) is 6.04 Å². The Morgan fingerprint density at radius 1 is 1.50 bits per heavy atom. The van der Waals surface area contributed by atoms with Crippen molar-refractivity contribution in [3.05, 3.63) is 0 Å². The van der Waals surface area contributed by atoms with Crippen LogP contribution in [0.1, 0.15) is 33.6 Å². The summed E-state index contributed by atoms with van der Waals surface area (Å²) in [4.78, 5) is 6.96. The molecular formula is C12H25N3S. The molecule has 0 bridgehead atoms. The Balaban J connectivity index is 2.43. The maximum atomic E-state index is 4.75. The van der Waals surface area contributed by atoms with E-state index in [1.54, 1.807) is 0 Å². The number of nitrogens with one attached hydrogen (secondary N) is 1. The summed E-state index contributed by atoms with van der Waals surface area (Å²) in [6, 6.07) is 0.409. The van der Waals surface area contributed by atoms with Crippen LogP contribution in [0.4, 0.5) is 0 Å². The van der Waals surface area contributed by atoms with Gasteiger partial charge in [0.1, 0.15) is 0 Å². The third-order valence-corrected chi connectivity index (χ3v) is 3.63. The molecule has 0 spiro atoms. The SMILES string of the molecule is CC(CCN(C)C)N=C1NC(C)(C)CCS1. The highest BCUT2D eigenvalue weighted by molar-refractivity contribution is 8.13. The minimum Gasteiger partial charge on any atom is -0.360 e. The van der Waals surface area contributed by atoms with Crippen molar-refractivity contribution in [3.63, 3.8) is 0 Å². The number of nitrogens with zero attached hydrogens (tertiary/aromatic N) is 2. The number of rotatable bonds is 4. The van der Waals surface area contributed by atoms with Gasteiger partial charge in [0.15, 0.2) is 5.17 Å². The average molecular weight is 243 g/mol. The normalized spacial score (nSPS) is 24.5. The molecule has 1 aliphatic rings. The summed E-state index contributed by atoms with van der Waals surface area (Å²) in [5, 5.41) is 4.64. The standard InChI is InChI=1S/C12H25N3S/c1-10(6-8-15(4)5)13-11-14-12(2,3)7-9-16-11/h10H,6-9H2,1-5H3,(H,13,14). The van der Waals surface area contributed by atoms with Crippen molar-refractivity contribution < 1.29 is 0 Å². The van der Waals surface area contributed by atoms with Crippen LogP contribution in [0.2, 0.25) is 0 Å². The molecule has 0 aromatic heterocycles. The quantitative estimate of drug-likeness (QED) is 0.820. The maximum absolute atomic E-state index is 4.75. The van der Waals surface area contributed by atoms with Crippen LogP contribution in [0.3, 0.4) is 0 Å². The van der Waals surface area contributed by atoms with Crippen LogP contribution in [-0.4, -0.2) is 48.0 Å². The zero-order valence-electron chi connectivity index (χ0n) is 11.2. The fourth-order valence-corrected chi connectivity index (χ4v) is 2.98. The van der Waals surface area contributed by atoms with Gasteiger partial charge in [-0.25, -0.2) is 0 Å². The second kappa shape index (κ2) is 5.92. The Bertz CT molecular complexity index is 249. The van der Waals surface area contributed by atoms with Gasteiger partial charge in [0, 0.05) is 11.3 Å². The predicted octanol–water partition coefficient (Wildman–Crippen LogP) is 2.19. The lowest BCUT2D eigenvalue weighted by Crippen LogP contribution is -2.46. The maximum Gasteiger partial charge on any atom is 0.157 e. The molecule has 1 unspecified atom stereocenters. The summed E-state index contributed by atoms with van der Waals surface area (Å²) in [6.07, 6.45) is 2.34. The smallest absolute Gasteiger partial charge is 0.157 e. The van der Waals surface area contributed by atoms with E-state index in [4.69, 9.17) is 4.99 Å². The first-order valence-electron chi connectivity index (χ1n) is 6.02. The van der Waals surface area contributed by atoms with Crippen molar-refractivity contribution in [2.75, 3.05) is 26.4 Å². The van der Waals surface area contributed by atoms with Crippen molar-refractivity contribution in [3.8, 4) is 0 Å². The lowest BCUT2D eigenvalue weighted by molar-refractivity contribution is 0.385. The Hall–Kier alpha value is -0.220. The van der Waals surface area contributed by atoms with Crippen molar-refractivity contribution in [1.82, 2.24) is 10.2 Å². The minimum absolute atomic E-state index is 0.214. The first-order chi connectivity index (χ1) is 7.39. The first-order valence-corrected chi connectivity index (χ1v) is 7.01. The topological polar surface area (TPSA) is 27.6 Å². The predicted molar refractivity (Wildman–Crippen MR) is 74.4 cm³/mol. The van der Waals surface area contributed by atoms with Gasteiger partial charge >= 0.3 is 0 Å². The summed E-state index contributed by atoms with van der Waals surface area (Å²) in [6.45, 7) is 7.78. The van der Waals surface area contributed by atoms with E-state index in [1.165, 1.54) is 12.2 Å². The minimum atomic E-state index is 0.214. The highest BCUT2D eigenvalue weighted by Crippen LogP contribution is 2.22. The van der Waals surface area contributed by atoms with Gasteiger partial charge in [-0.1, -0.05) is 11.8 Å². The van der Waals surface area contributed by atoms with Gasteiger partial charge < -0.3 is 10.2 Å². The summed E-state index contributed by atoms with van der Waals surface area (Å²) in [5.41, 5.74) is 0.214. The van der Waals surface area contributed by atoms with Crippen LogP contribution < -0.4 is 5.32 Å². The molecule has 16 heavy (non-hydrogen) atoms. The van der Waals surface area contributed by atoms with Crippen molar-refractivity contribution in [2.45, 2.75) is 45.2 Å². The summed E-state index contributed by atoms with van der Waals surface area (Å²) in [7, 11) is 4.22. The van der Waals surface area contributed by atoms with Crippen LogP contribution in [0.15, 0.2) is 4.99 Å². The zero-order valence-corrected chi connectivity index (χ0v) is 12.0. The molecular weight excluding hydrogens is 218 g/mol. The molecule has 1 atom stereocenters. The van der Waals surface area contributed by atoms with Gasteiger partial charge in [0.25, 0.3) is 0 Å². The number of thioether (sulfide) groups is 1. The molecule has 94 valence electrons. The van der Waals surface area contributed by atoms with E-state index >= 15 is 0 Å². The Morgan fingerprint density at radius 2 is 2.19 bits per heavy atom. The van der Waals surface area contributed by atoms with Gasteiger partial charge in [0.2, 0.25) is 0 Å². The number of hydrogen-bond donors (Lipinski definition) is 1. The van der Waals surface area contributed by atoms with E-state index in [2.05, 4.69) is 45.1 Å². The van der Waals surface area contributed by atoms with E-state index < -0.39 is 0 Å². The molecule has 1 N–H and O–H groups in total. The van der Waals surface area contributed by atoms with E-state index in [1.807, 2.05) is 11.8 Å². The van der Waals surface area contributed by atoms with Crippen LogP contribution >= 0.6 is 11.8 Å². The molecule has 1 heterocycles. The van der Waals surface area contributed by atoms with Gasteiger partial charge in [-0.05, 0) is 54.3 Å². The molecule has 1 saturated heterocycles. The Morgan fingerprint density at radius 3 is 2.75 bits per heavy atom. The molecule has 1 aliphatic heterocycles.